The minimum atomic E-state index is 0.503. The van der Waals surface area contributed by atoms with Crippen LogP contribution in [0, 0.1) is 0 Å². The number of nitrogens with one attached hydrogen (secondary N) is 1. The quantitative estimate of drug-likeness (QED) is 0.566. The highest BCUT2D eigenvalue weighted by Crippen LogP contribution is 1.96. The Morgan fingerprint density at radius 2 is 2.56 bits per heavy atom. The van der Waals surface area contributed by atoms with E-state index in [9.17, 15) is 0 Å². The van der Waals surface area contributed by atoms with Gasteiger partial charge in [0.2, 0.25) is 0 Å². The summed E-state index contributed by atoms with van der Waals surface area (Å²) in [6.07, 6.45) is 1.94. The predicted octanol–water partition coefficient (Wildman–Crippen LogP) is 0.504. The molecule has 0 radical (unpaired) electrons. The van der Waals surface area contributed by atoms with E-state index in [2.05, 4.69) is 5.48 Å². The Balaban J connectivity index is 2.69. The Morgan fingerprint density at radius 3 is 3.00 bits per heavy atom. The average molecular weight is 126 g/mol. The van der Waals surface area contributed by atoms with Gasteiger partial charge in [-0.2, -0.15) is 5.48 Å². The zero-order chi connectivity index (χ0) is 6.69. The lowest BCUT2D eigenvalue weighted by atomic mass is 10.4. The molecule has 2 N–H and O–H groups in total. The van der Waals surface area contributed by atoms with Crippen molar-refractivity contribution in [1.82, 2.24) is 10.0 Å². The van der Waals surface area contributed by atoms with Crippen LogP contribution in [-0.2, 0) is 13.6 Å². The molecule has 1 aromatic heterocycles. The van der Waals surface area contributed by atoms with E-state index in [1.54, 1.807) is 0 Å². The third-order valence-electron chi connectivity index (χ3n) is 1.31. The van der Waals surface area contributed by atoms with E-state index in [0.717, 1.165) is 5.69 Å². The molecule has 3 heteroatoms. The van der Waals surface area contributed by atoms with Crippen LogP contribution in [0.4, 0.5) is 0 Å². The highest BCUT2D eigenvalue weighted by atomic mass is 16.5. The maximum absolute atomic E-state index is 8.30. The number of hydrogen-bond donors (Lipinski definition) is 2. The molecule has 1 heterocycles. The van der Waals surface area contributed by atoms with Gasteiger partial charge in [-0.05, 0) is 12.1 Å². The van der Waals surface area contributed by atoms with Gasteiger partial charge in [-0.15, -0.1) is 0 Å². The van der Waals surface area contributed by atoms with Gasteiger partial charge < -0.3 is 9.77 Å². The molecule has 0 fully saturated rings. The Hall–Kier alpha value is -0.800. The number of hydrogen-bond acceptors (Lipinski definition) is 2. The fourth-order valence-corrected chi connectivity index (χ4v) is 0.761. The standard InChI is InChI=1S/C6H10N2O/c1-8-4-2-3-6(8)5-7-9/h2-4,7,9H,5H2,1H3. The van der Waals surface area contributed by atoms with Crippen molar-refractivity contribution in [2.24, 2.45) is 7.05 Å². The molecule has 0 aliphatic heterocycles. The van der Waals surface area contributed by atoms with Gasteiger partial charge >= 0.3 is 0 Å². The summed E-state index contributed by atoms with van der Waals surface area (Å²) in [5, 5.41) is 8.30. The van der Waals surface area contributed by atoms with Crippen LogP contribution >= 0.6 is 0 Å². The summed E-state index contributed by atoms with van der Waals surface area (Å²) in [5.41, 5.74) is 3.16. The van der Waals surface area contributed by atoms with Gasteiger partial charge in [0.15, 0.2) is 0 Å². The lowest BCUT2D eigenvalue weighted by Gasteiger charge is -1.98. The molecule has 1 rings (SSSR count). The van der Waals surface area contributed by atoms with E-state index in [-0.39, 0.29) is 0 Å². The van der Waals surface area contributed by atoms with Crippen LogP contribution in [-0.4, -0.2) is 9.77 Å². The van der Waals surface area contributed by atoms with Gasteiger partial charge in [0, 0.05) is 18.9 Å². The first-order valence-corrected chi connectivity index (χ1v) is 2.82. The molecule has 0 amide bonds. The topological polar surface area (TPSA) is 37.2 Å². The smallest absolute Gasteiger partial charge is 0.0610 e. The van der Waals surface area contributed by atoms with Crippen molar-refractivity contribution in [3.8, 4) is 0 Å². The monoisotopic (exact) mass is 126 g/mol. The molecule has 0 aliphatic carbocycles. The number of hydroxylamine groups is 1. The molecule has 0 bridgehead atoms. The summed E-state index contributed by atoms with van der Waals surface area (Å²) in [5.74, 6) is 0. The van der Waals surface area contributed by atoms with Crippen molar-refractivity contribution in [3.63, 3.8) is 0 Å². The highest BCUT2D eigenvalue weighted by Gasteiger charge is 1.92. The molecule has 0 spiro atoms. The van der Waals surface area contributed by atoms with Crippen LogP contribution in [0.1, 0.15) is 5.69 Å². The van der Waals surface area contributed by atoms with Crippen molar-refractivity contribution >= 4 is 0 Å². The Labute approximate surface area is 53.9 Å². The zero-order valence-electron chi connectivity index (χ0n) is 5.33. The fourth-order valence-electron chi connectivity index (χ4n) is 0.761. The van der Waals surface area contributed by atoms with Crippen molar-refractivity contribution in [1.29, 1.82) is 0 Å². The Kier molecular flexibility index (Phi) is 1.87. The maximum Gasteiger partial charge on any atom is 0.0610 e. The van der Waals surface area contributed by atoms with Crippen LogP contribution < -0.4 is 5.48 Å². The predicted molar refractivity (Wildman–Crippen MR) is 34.0 cm³/mol. The molecule has 9 heavy (non-hydrogen) atoms. The third-order valence-corrected chi connectivity index (χ3v) is 1.31. The maximum atomic E-state index is 8.30. The number of aryl methyl sites for hydroxylation is 1. The minimum Gasteiger partial charge on any atom is -0.353 e. The minimum absolute atomic E-state index is 0.503. The summed E-state index contributed by atoms with van der Waals surface area (Å²) < 4.78 is 1.95. The third kappa shape index (κ3) is 1.31. The van der Waals surface area contributed by atoms with Crippen molar-refractivity contribution in [2.45, 2.75) is 6.54 Å². The summed E-state index contributed by atoms with van der Waals surface area (Å²) in [6.45, 7) is 0.503. The van der Waals surface area contributed by atoms with Gasteiger partial charge in [0.25, 0.3) is 0 Å². The van der Waals surface area contributed by atoms with E-state index in [1.807, 2.05) is 29.9 Å². The van der Waals surface area contributed by atoms with Gasteiger partial charge in [-0.25, -0.2) is 0 Å². The summed E-state index contributed by atoms with van der Waals surface area (Å²) in [6, 6.07) is 3.88. The molecule has 0 unspecified atom stereocenters. The second-order valence-electron chi connectivity index (χ2n) is 1.95. The molecule has 50 valence electrons. The second kappa shape index (κ2) is 2.66. The molecular weight excluding hydrogens is 116 g/mol. The first-order valence-electron chi connectivity index (χ1n) is 2.82. The molecule has 1 aromatic rings. The fraction of sp³-hybridized carbons (Fsp3) is 0.333. The zero-order valence-corrected chi connectivity index (χ0v) is 5.33. The average Bonchev–Trinajstić information content (AvgIpc) is 2.18. The normalized spacial score (nSPS) is 10.0. The van der Waals surface area contributed by atoms with Gasteiger partial charge in [-0.1, -0.05) is 0 Å². The van der Waals surface area contributed by atoms with E-state index in [4.69, 9.17) is 5.21 Å². The molecular formula is C6H10N2O. The van der Waals surface area contributed by atoms with E-state index in [0.29, 0.717) is 6.54 Å². The van der Waals surface area contributed by atoms with Gasteiger partial charge in [-0.3, -0.25) is 0 Å². The molecule has 0 aromatic carbocycles. The lowest BCUT2D eigenvalue weighted by Crippen LogP contribution is -2.09. The van der Waals surface area contributed by atoms with Gasteiger partial charge in [0.05, 0.1) is 6.54 Å². The molecule has 0 saturated heterocycles. The van der Waals surface area contributed by atoms with E-state index in [1.165, 1.54) is 0 Å². The molecule has 0 atom stereocenters. The van der Waals surface area contributed by atoms with Crippen molar-refractivity contribution in [3.05, 3.63) is 24.0 Å². The lowest BCUT2D eigenvalue weighted by molar-refractivity contribution is 0.159. The highest BCUT2D eigenvalue weighted by molar-refractivity contribution is 5.05. The Bertz CT molecular complexity index is 183. The number of rotatable bonds is 2. The second-order valence-corrected chi connectivity index (χ2v) is 1.95. The molecule has 0 saturated carbocycles. The van der Waals surface area contributed by atoms with Crippen LogP contribution in [0.5, 0.6) is 0 Å². The van der Waals surface area contributed by atoms with E-state index < -0.39 is 0 Å². The Morgan fingerprint density at radius 1 is 1.78 bits per heavy atom. The van der Waals surface area contributed by atoms with Crippen LogP contribution in [0.3, 0.4) is 0 Å². The number of nitrogens with zero attached hydrogens (tertiary/aromatic N) is 1. The van der Waals surface area contributed by atoms with Crippen LogP contribution in [0.25, 0.3) is 0 Å². The molecule has 0 aliphatic rings. The summed E-state index contributed by atoms with van der Waals surface area (Å²) in [4.78, 5) is 0. The van der Waals surface area contributed by atoms with Crippen molar-refractivity contribution in [2.75, 3.05) is 0 Å². The largest absolute Gasteiger partial charge is 0.353 e. The first kappa shape index (κ1) is 6.32. The summed E-state index contributed by atoms with van der Waals surface area (Å²) >= 11 is 0. The SMILES string of the molecule is Cn1cccc1CNO. The van der Waals surface area contributed by atoms with Crippen LogP contribution in [0.2, 0.25) is 0 Å². The molecule has 3 nitrogen and oxygen atoms in total. The number of aromatic nitrogens is 1. The summed E-state index contributed by atoms with van der Waals surface area (Å²) in [7, 11) is 1.94. The van der Waals surface area contributed by atoms with Gasteiger partial charge in [0.1, 0.15) is 0 Å². The van der Waals surface area contributed by atoms with Crippen LogP contribution in [0.15, 0.2) is 18.3 Å². The van der Waals surface area contributed by atoms with Crippen molar-refractivity contribution < 1.29 is 5.21 Å². The van der Waals surface area contributed by atoms with E-state index >= 15 is 0 Å². The first-order chi connectivity index (χ1) is 4.34.